The Labute approximate surface area is 126 Å². The van der Waals surface area contributed by atoms with Crippen molar-refractivity contribution in [2.45, 2.75) is 39.0 Å². The molecule has 21 heavy (non-hydrogen) atoms. The highest BCUT2D eigenvalue weighted by atomic mass is 14.7. The SMILES string of the molecule is CCCCCCc1ccc2cc3c(N)cccc3nc2c1. The van der Waals surface area contributed by atoms with Crippen LogP contribution >= 0.6 is 0 Å². The number of hydrogen-bond donors (Lipinski definition) is 1. The van der Waals surface area contributed by atoms with E-state index in [0.717, 1.165) is 33.9 Å². The van der Waals surface area contributed by atoms with Gasteiger partial charge in [0.25, 0.3) is 0 Å². The molecule has 0 bridgehead atoms. The van der Waals surface area contributed by atoms with Gasteiger partial charge in [-0.05, 0) is 42.7 Å². The monoisotopic (exact) mass is 278 g/mol. The van der Waals surface area contributed by atoms with Crippen molar-refractivity contribution in [3.05, 3.63) is 48.0 Å². The van der Waals surface area contributed by atoms with E-state index in [1.54, 1.807) is 0 Å². The van der Waals surface area contributed by atoms with Crippen LogP contribution in [0.25, 0.3) is 21.8 Å². The Morgan fingerprint density at radius 2 is 1.86 bits per heavy atom. The summed E-state index contributed by atoms with van der Waals surface area (Å²) >= 11 is 0. The Kier molecular flexibility index (Phi) is 4.05. The first-order valence-electron chi connectivity index (χ1n) is 7.86. The number of aromatic nitrogens is 1. The molecule has 108 valence electrons. The summed E-state index contributed by atoms with van der Waals surface area (Å²) in [5.74, 6) is 0. The van der Waals surface area contributed by atoms with Crippen molar-refractivity contribution in [2.75, 3.05) is 5.73 Å². The van der Waals surface area contributed by atoms with Crippen LogP contribution in [0.3, 0.4) is 0 Å². The lowest BCUT2D eigenvalue weighted by Gasteiger charge is -2.06. The summed E-state index contributed by atoms with van der Waals surface area (Å²) in [5.41, 5.74) is 10.3. The van der Waals surface area contributed by atoms with Crippen LogP contribution in [0.1, 0.15) is 38.2 Å². The summed E-state index contributed by atoms with van der Waals surface area (Å²) in [5, 5.41) is 2.21. The Hall–Kier alpha value is -2.09. The number of pyridine rings is 1. The molecular weight excluding hydrogens is 256 g/mol. The summed E-state index contributed by atoms with van der Waals surface area (Å²) in [7, 11) is 0. The minimum atomic E-state index is 0.797. The van der Waals surface area contributed by atoms with Gasteiger partial charge >= 0.3 is 0 Å². The third-order valence-electron chi connectivity index (χ3n) is 4.07. The summed E-state index contributed by atoms with van der Waals surface area (Å²) in [4.78, 5) is 4.76. The number of fused-ring (bicyclic) bond motifs is 2. The number of benzene rings is 2. The first kappa shape index (κ1) is 13.9. The molecule has 0 atom stereocenters. The molecule has 0 saturated carbocycles. The number of anilines is 1. The van der Waals surface area contributed by atoms with Gasteiger partial charge in [0.05, 0.1) is 11.0 Å². The lowest BCUT2D eigenvalue weighted by atomic mass is 10.0. The molecule has 0 unspecified atom stereocenters. The number of nitrogens with zero attached hydrogens (tertiary/aromatic N) is 1. The Morgan fingerprint density at radius 3 is 2.71 bits per heavy atom. The maximum Gasteiger partial charge on any atom is 0.0730 e. The van der Waals surface area contributed by atoms with Crippen LogP contribution in [0, 0.1) is 0 Å². The van der Waals surface area contributed by atoms with Crippen molar-refractivity contribution < 1.29 is 0 Å². The molecule has 0 fully saturated rings. The average molecular weight is 278 g/mol. The second kappa shape index (κ2) is 6.13. The molecule has 0 spiro atoms. The molecule has 0 aliphatic carbocycles. The van der Waals surface area contributed by atoms with Gasteiger partial charge in [-0.15, -0.1) is 0 Å². The fraction of sp³-hybridized carbons (Fsp3) is 0.316. The van der Waals surface area contributed by atoms with Crippen LogP contribution in [0.4, 0.5) is 5.69 Å². The second-order valence-electron chi connectivity index (χ2n) is 5.74. The highest BCUT2D eigenvalue weighted by molar-refractivity contribution is 5.98. The van der Waals surface area contributed by atoms with Gasteiger partial charge < -0.3 is 5.73 Å². The standard InChI is InChI=1S/C19H22N2/c1-2-3-4-5-7-14-10-11-15-13-16-17(20)8-6-9-18(16)21-19(15)12-14/h6,8-13H,2-5,7,20H2,1H3. The van der Waals surface area contributed by atoms with E-state index in [0.29, 0.717) is 0 Å². The average Bonchev–Trinajstić information content (AvgIpc) is 2.50. The van der Waals surface area contributed by atoms with E-state index < -0.39 is 0 Å². The summed E-state index contributed by atoms with van der Waals surface area (Å²) in [6.07, 6.45) is 6.34. The van der Waals surface area contributed by atoms with E-state index in [2.05, 4.69) is 31.2 Å². The number of nitrogens with two attached hydrogens (primary N) is 1. The van der Waals surface area contributed by atoms with Crippen molar-refractivity contribution in [1.82, 2.24) is 4.98 Å². The zero-order valence-corrected chi connectivity index (χ0v) is 12.6. The van der Waals surface area contributed by atoms with Gasteiger partial charge in [-0.25, -0.2) is 4.98 Å². The Bertz CT molecular complexity index is 762. The van der Waals surface area contributed by atoms with Crippen LogP contribution in [-0.4, -0.2) is 4.98 Å². The van der Waals surface area contributed by atoms with Crippen LogP contribution in [0.2, 0.25) is 0 Å². The van der Waals surface area contributed by atoms with Crippen molar-refractivity contribution in [3.8, 4) is 0 Å². The molecular formula is C19H22N2. The Balaban J connectivity index is 1.92. The van der Waals surface area contributed by atoms with Crippen LogP contribution < -0.4 is 5.73 Å². The van der Waals surface area contributed by atoms with Crippen molar-refractivity contribution in [1.29, 1.82) is 0 Å². The number of rotatable bonds is 5. The van der Waals surface area contributed by atoms with E-state index >= 15 is 0 Å². The molecule has 3 aromatic rings. The number of nitrogen functional groups attached to an aromatic ring is 1. The normalized spacial score (nSPS) is 11.3. The maximum atomic E-state index is 6.03. The lowest BCUT2D eigenvalue weighted by Crippen LogP contribution is -1.91. The van der Waals surface area contributed by atoms with E-state index in [9.17, 15) is 0 Å². The predicted octanol–water partition coefficient (Wildman–Crippen LogP) is 5.09. The molecule has 0 amide bonds. The van der Waals surface area contributed by atoms with E-state index in [1.807, 2.05) is 18.2 Å². The fourth-order valence-corrected chi connectivity index (χ4v) is 2.83. The van der Waals surface area contributed by atoms with Crippen LogP contribution in [0.5, 0.6) is 0 Å². The van der Waals surface area contributed by atoms with E-state index in [4.69, 9.17) is 10.7 Å². The predicted molar refractivity (Wildman–Crippen MR) is 91.5 cm³/mol. The number of hydrogen-bond acceptors (Lipinski definition) is 2. The molecule has 2 N–H and O–H groups in total. The molecule has 0 aliphatic heterocycles. The minimum Gasteiger partial charge on any atom is -0.398 e. The zero-order valence-electron chi connectivity index (χ0n) is 12.6. The quantitative estimate of drug-likeness (QED) is 0.401. The lowest BCUT2D eigenvalue weighted by molar-refractivity contribution is 0.667. The smallest absolute Gasteiger partial charge is 0.0730 e. The van der Waals surface area contributed by atoms with Crippen molar-refractivity contribution >= 4 is 27.5 Å². The highest BCUT2D eigenvalue weighted by Gasteiger charge is 2.03. The number of aryl methyl sites for hydroxylation is 1. The van der Waals surface area contributed by atoms with Crippen LogP contribution in [0.15, 0.2) is 42.5 Å². The molecule has 0 radical (unpaired) electrons. The molecule has 2 aromatic carbocycles. The van der Waals surface area contributed by atoms with Crippen LogP contribution in [-0.2, 0) is 6.42 Å². The maximum absolute atomic E-state index is 6.03. The second-order valence-corrected chi connectivity index (χ2v) is 5.74. The van der Waals surface area contributed by atoms with Gasteiger partial charge in [-0.2, -0.15) is 0 Å². The topological polar surface area (TPSA) is 38.9 Å². The zero-order chi connectivity index (χ0) is 14.7. The summed E-state index contributed by atoms with van der Waals surface area (Å²) < 4.78 is 0. The molecule has 1 aromatic heterocycles. The van der Waals surface area contributed by atoms with Gasteiger partial charge in [0.15, 0.2) is 0 Å². The largest absolute Gasteiger partial charge is 0.398 e. The van der Waals surface area contributed by atoms with Gasteiger partial charge in [-0.1, -0.05) is 44.4 Å². The first-order valence-corrected chi connectivity index (χ1v) is 7.86. The third-order valence-corrected chi connectivity index (χ3v) is 4.07. The van der Waals surface area contributed by atoms with Gasteiger partial charge in [0, 0.05) is 16.5 Å². The van der Waals surface area contributed by atoms with E-state index in [1.165, 1.54) is 31.2 Å². The molecule has 1 heterocycles. The van der Waals surface area contributed by atoms with Gasteiger partial charge in [-0.3, -0.25) is 0 Å². The summed E-state index contributed by atoms with van der Waals surface area (Å²) in [6, 6.07) is 14.7. The molecule has 2 heteroatoms. The van der Waals surface area contributed by atoms with Crippen molar-refractivity contribution in [3.63, 3.8) is 0 Å². The fourth-order valence-electron chi connectivity index (χ4n) is 2.83. The van der Waals surface area contributed by atoms with Gasteiger partial charge in [0.1, 0.15) is 0 Å². The molecule has 3 rings (SSSR count). The van der Waals surface area contributed by atoms with Crippen molar-refractivity contribution in [2.24, 2.45) is 0 Å². The summed E-state index contributed by atoms with van der Waals surface area (Å²) in [6.45, 7) is 2.25. The molecule has 2 nitrogen and oxygen atoms in total. The first-order chi connectivity index (χ1) is 10.3. The number of unbranched alkanes of at least 4 members (excludes halogenated alkanes) is 3. The molecule has 0 aliphatic rings. The third kappa shape index (κ3) is 2.99. The van der Waals surface area contributed by atoms with E-state index in [-0.39, 0.29) is 0 Å². The minimum absolute atomic E-state index is 0.797. The highest BCUT2D eigenvalue weighted by Crippen LogP contribution is 2.25. The molecule has 0 saturated heterocycles. The Morgan fingerprint density at radius 1 is 0.952 bits per heavy atom. The van der Waals surface area contributed by atoms with Gasteiger partial charge in [0.2, 0.25) is 0 Å².